The Labute approximate surface area is 104 Å². The van der Waals surface area contributed by atoms with E-state index in [0.29, 0.717) is 6.54 Å². The SMILES string of the molecule is COc1ccc(C)cc1CN(C)CC(N)CN. The zero-order chi connectivity index (χ0) is 12.8. The minimum atomic E-state index is 0.0239. The van der Waals surface area contributed by atoms with Crippen molar-refractivity contribution in [2.45, 2.75) is 19.5 Å². The third-order valence-electron chi connectivity index (χ3n) is 2.73. The van der Waals surface area contributed by atoms with Gasteiger partial charge in [-0.3, -0.25) is 0 Å². The van der Waals surface area contributed by atoms with Gasteiger partial charge in [-0.15, -0.1) is 0 Å². The van der Waals surface area contributed by atoms with E-state index in [0.717, 1.165) is 18.8 Å². The predicted octanol–water partition coefficient (Wildman–Crippen LogP) is 0.721. The first-order chi connectivity index (χ1) is 8.06. The van der Waals surface area contributed by atoms with Gasteiger partial charge in [0.25, 0.3) is 0 Å². The molecule has 0 saturated heterocycles. The molecule has 0 saturated carbocycles. The molecule has 0 bridgehead atoms. The first-order valence-corrected chi connectivity index (χ1v) is 5.84. The minimum absolute atomic E-state index is 0.0239. The molecular formula is C13H23N3O. The highest BCUT2D eigenvalue weighted by atomic mass is 16.5. The van der Waals surface area contributed by atoms with Gasteiger partial charge in [0.1, 0.15) is 5.75 Å². The summed E-state index contributed by atoms with van der Waals surface area (Å²) < 4.78 is 5.35. The van der Waals surface area contributed by atoms with Crippen LogP contribution in [0.4, 0.5) is 0 Å². The van der Waals surface area contributed by atoms with E-state index in [4.69, 9.17) is 16.2 Å². The summed E-state index contributed by atoms with van der Waals surface area (Å²) in [6, 6.07) is 6.22. The van der Waals surface area contributed by atoms with Crippen LogP contribution < -0.4 is 16.2 Å². The zero-order valence-corrected chi connectivity index (χ0v) is 10.9. The second kappa shape index (κ2) is 6.59. The number of hydrogen-bond acceptors (Lipinski definition) is 4. The van der Waals surface area contributed by atoms with E-state index < -0.39 is 0 Å². The highest BCUT2D eigenvalue weighted by molar-refractivity contribution is 5.36. The molecule has 0 fully saturated rings. The summed E-state index contributed by atoms with van der Waals surface area (Å²) in [5.41, 5.74) is 13.8. The number of methoxy groups -OCH3 is 1. The van der Waals surface area contributed by atoms with Crippen molar-refractivity contribution in [3.63, 3.8) is 0 Å². The van der Waals surface area contributed by atoms with E-state index in [-0.39, 0.29) is 6.04 Å². The van der Waals surface area contributed by atoms with Crippen molar-refractivity contribution in [2.24, 2.45) is 11.5 Å². The van der Waals surface area contributed by atoms with Gasteiger partial charge in [-0.05, 0) is 20.0 Å². The molecule has 1 aromatic rings. The Morgan fingerprint density at radius 2 is 2.12 bits per heavy atom. The minimum Gasteiger partial charge on any atom is -0.496 e. The van der Waals surface area contributed by atoms with Crippen molar-refractivity contribution < 1.29 is 4.74 Å². The Morgan fingerprint density at radius 1 is 1.41 bits per heavy atom. The van der Waals surface area contributed by atoms with Crippen molar-refractivity contribution >= 4 is 0 Å². The highest BCUT2D eigenvalue weighted by Gasteiger charge is 2.09. The van der Waals surface area contributed by atoms with Crippen molar-refractivity contribution in [3.05, 3.63) is 29.3 Å². The fourth-order valence-electron chi connectivity index (χ4n) is 1.86. The molecule has 1 rings (SSSR count). The van der Waals surface area contributed by atoms with Gasteiger partial charge in [0.2, 0.25) is 0 Å². The molecule has 0 amide bonds. The molecule has 0 radical (unpaired) electrons. The van der Waals surface area contributed by atoms with Gasteiger partial charge in [0.15, 0.2) is 0 Å². The lowest BCUT2D eigenvalue weighted by atomic mass is 10.1. The molecule has 0 spiro atoms. The fourth-order valence-corrected chi connectivity index (χ4v) is 1.86. The van der Waals surface area contributed by atoms with Crippen molar-refractivity contribution in [1.82, 2.24) is 4.90 Å². The third kappa shape index (κ3) is 4.34. The summed E-state index contributed by atoms with van der Waals surface area (Å²) >= 11 is 0. The molecule has 0 aliphatic rings. The third-order valence-corrected chi connectivity index (χ3v) is 2.73. The van der Waals surface area contributed by atoms with Gasteiger partial charge >= 0.3 is 0 Å². The van der Waals surface area contributed by atoms with Crippen LogP contribution in [-0.2, 0) is 6.54 Å². The van der Waals surface area contributed by atoms with E-state index in [2.05, 4.69) is 17.9 Å². The highest BCUT2D eigenvalue weighted by Crippen LogP contribution is 2.20. The maximum atomic E-state index is 5.83. The predicted molar refractivity (Wildman–Crippen MR) is 71.1 cm³/mol. The molecule has 4 N–H and O–H groups in total. The Balaban J connectivity index is 2.69. The van der Waals surface area contributed by atoms with E-state index in [1.807, 2.05) is 19.2 Å². The number of ether oxygens (including phenoxy) is 1. The Kier molecular flexibility index (Phi) is 5.41. The molecule has 4 heteroatoms. The number of benzene rings is 1. The van der Waals surface area contributed by atoms with E-state index in [1.54, 1.807) is 7.11 Å². The van der Waals surface area contributed by atoms with E-state index in [1.165, 1.54) is 11.1 Å². The topological polar surface area (TPSA) is 64.5 Å². The molecule has 0 aliphatic heterocycles. The number of rotatable bonds is 6. The molecule has 0 aromatic heterocycles. The van der Waals surface area contributed by atoms with Crippen LogP contribution in [0, 0.1) is 6.92 Å². The van der Waals surface area contributed by atoms with Crippen LogP contribution in [-0.4, -0.2) is 38.2 Å². The van der Waals surface area contributed by atoms with Crippen LogP contribution in [0.2, 0.25) is 0 Å². The van der Waals surface area contributed by atoms with Crippen LogP contribution in [0.25, 0.3) is 0 Å². The van der Waals surface area contributed by atoms with Crippen LogP contribution in [0.1, 0.15) is 11.1 Å². The number of aryl methyl sites for hydroxylation is 1. The van der Waals surface area contributed by atoms with Gasteiger partial charge in [-0.25, -0.2) is 0 Å². The summed E-state index contributed by atoms with van der Waals surface area (Å²) in [5, 5.41) is 0. The molecule has 0 heterocycles. The van der Waals surface area contributed by atoms with Gasteiger partial charge in [-0.2, -0.15) is 0 Å². The summed E-state index contributed by atoms with van der Waals surface area (Å²) in [4.78, 5) is 2.16. The molecule has 1 atom stereocenters. The fraction of sp³-hybridized carbons (Fsp3) is 0.538. The lowest BCUT2D eigenvalue weighted by Crippen LogP contribution is -2.40. The van der Waals surface area contributed by atoms with Gasteiger partial charge in [0.05, 0.1) is 7.11 Å². The number of nitrogens with two attached hydrogens (primary N) is 2. The lowest BCUT2D eigenvalue weighted by Gasteiger charge is -2.21. The van der Waals surface area contributed by atoms with Gasteiger partial charge in [0, 0.05) is 31.2 Å². The van der Waals surface area contributed by atoms with E-state index in [9.17, 15) is 0 Å². The standard InChI is InChI=1S/C13H23N3O/c1-10-4-5-13(17-3)11(6-10)8-16(2)9-12(15)7-14/h4-6,12H,7-9,14-15H2,1-3H3. The van der Waals surface area contributed by atoms with Gasteiger partial charge in [-0.1, -0.05) is 17.7 Å². The maximum absolute atomic E-state index is 5.83. The average molecular weight is 237 g/mol. The molecule has 1 aromatic carbocycles. The van der Waals surface area contributed by atoms with Crippen molar-refractivity contribution in [3.8, 4) is 5.75 Å². The van der Waals surface area contributed by atoms with Crippen LogP contribution in [0.15, 0.2) is 18.2 Å². The molecule has 96 valence electrons. The van der Waals surface area contributed by atoms with Crippen molar-refractivity contribution in [1.29, 1.82) is 0 Å². The number of hydrogen-bond donors (Lipinski definition) is 2. The summed E-state index contributed by atoms with van der Waals surface area (Å²) in [5.74, 6) is 0.920. The van der Waals surface area contributed by atoms with Crippen LogP contribution in [0.5, 0.6) is 5.75 Å². The Bertz CT molecular complexity index is 355. The number of likely N-dealkylation sites (N-methyl/N-ethyl adjacent to an activating group) is 1. The second-order valence-electron chi connectivity index (χ2n) is 4.51. The Morgan fingerprint density at radius 3 is 2.71 bits per heavy atom. The number of nitrogens with zero attached hydrogens (tertiary/aromatic N) is 1. The monoisotopic (exact) mass is 237 g/mol. The Hall–Kier alpha value is -1.10. The van der Waals surface area contributed by atoms with Crippen LogP contribution >= 0.6 is 0 Å². The molecule has 17 heavy (non-hydrogen) atoms. The van der Waals surface area contributed by atoms with Gasteiger partial charge < -0.3 is 21.1 Å². The molecule has 4 nitrogen and oxygen atoms in total. The van der Waals surface area contributed by atoms with E-state index >= 15 is 0 Å². The molecule has 0 aliphatic carbocycles. The van der Waals surface area contributed by atoms with Crippen LogP contribution in [0.3, 0.4) is 0 Å². The molecule has 1 unspecified atom stereocenters. The summed E-state index contributed by atoms with van der Waals surface area (Å²) in [6.45, 7) is 4.19. The largest absolute Gasteiger partial charge is 0.496 e. The smallest absolute Gasteiger partial charge is 0.123 e. The lowest BCUT2D eigenvalue weighted by molar-refractivity contribution is 0.298. The summed E-state index contributed by atoms with van der Waals surface area (Å²) in [6.07, 6.45) is 0. The second-order valence-corrected chi connectivity index (χ2v) is 4.51. The zero-order valence-electron chi connectivity index (χ0n) is 10.9. The molecular weight excluding hydrogens is 214 g/mol. The summed E-state index contributed by atoms with van der Waals surface area (Å²) in [7, 11) is 3.73. The quantitative estimate of drug-likeness (QED) is 0.765. The first-order valence-electron chi connectivity index (χ1n) is 5.84. The van der Waals surface area contributed by atoms with Crippen molar-refractivity contribution in [2.75, 3.05) is 27.2 Å². The normalized spacial score (nSPS) is 12.8. The maximum Gasteiger partial charge on any atom is 0.123 e. The average Bonchev–Trinajstić information content (AvgIpc) is 2.29. The first kappa shape index (κ1) is 14.0.